The minimum absolute atomic E-state index is 0.525. The van der Waals surface area contributed by atoms with Gasteiger partial charge in [0.15, 0.2) is 0 Å². The molecule has 99 heavy (non-hydrogen) atoms. The Morgan fingerprint density at radius 1 is 0.141 bits per heavy atom. The third-order valence-electron chi connectivity index (χ3n) is 17.0. The summed E-state index contributed by atoms with van der Waals surface area (Å²) in [6, 6.07) is 127. The maximum absolute atomic E-state index is 8.58. The van der Waals surface area contributed by atoms with Crippen LogP contribution >= 0.6 is 95.6 Å². The van der Waals surface area contributed by atoms with Crippen molar-refractivity contribution in [1.82, 2.24) is 0 Å². The molecule has 0 saturated heterocycles. The van der Waals surface area contributed by atoms with Gasteiger partial charge in [0.05, 0.1) is 0 Å². The Labute approximate surface area is 630 Å². The summed E-state index contributed by atoms with van der Waals surface area (Å²) in [5.41, 5.74) is 28.7. The molecule has 2 N–H and O–H groups in total. The zero-order valence-electron chi connectivity index (χ0n) is 53.3. The van der Waals surface area contributed by atoms with Crippen LogP contribution in [0.15, 0.2) is 385 Å². The highest BCUT2D eigenvalue weighted by Gasteiger charge is 2.17. The Balaban J connectivity index is 0.000000186. The van der Waals surface area contributed by atoms with Crippen LogP contribution in [0, 0.1) is 0 Å². The van der Waals surface area contributed by atoms with Crippen LogP contribution in [-0.2, 0) is 0 Å². The van der Waals surface area contributed by atoms with Gasteiger partial charge >= 0.3 is 7.12 Å². The zero-order valence-corrected chi connectivity index (χ0v) is 62.8. The molecule has 15 aromatic rings. The maximum Gasteiger partial charge on any atom is 0.488 e. The van der Waals surface area contributed by atoms with Gasteiger partial charge in [0.2, 0.25) is 0 Å². The quantitative estimate of drug-likeness (QED) is 0.113. The van der Waals surface area contributed by atoms with Crippen LogP contribution in [0.25, 0.3) is 134 Å². The standard InChI is InChI=1S/C60H42.C24H12Br6.C6H7BO2/c1-7-19-43(20-8-1)49-31-50(44-21-9-2-10-22-44)35-55(34-49)58-40-59(56-36-51(45-23-11-3-12-24-45)32-52(37-56)46-25-13-4-14-26-46)42-60(41-58)57-38-53(47-27-15-5-16-28-47)33-54(39-57)48-29-17-6-18-30-48;25-19-4-16(5-20(26)10-19)13-1-14(17-6-21(27)11-22(28)7-17)3-15(2-13)18-8-23(29)12-24(30)9-18;8-7(9)6-4-2-1-3-5-6/h1-42H;1-12H;1-5,8-9H. The molecule has 0 aromatic heterocycles. The molecule has 0 atom stereocenters. The summed E-state index contributed by atoms with van der Waals surface area (Å²) in [5.74, 6) is 0. The van der Waals surface area contributed by atoms with Gasteiger partial charge in [-0.25, -0.2) is 0 Å². The molecular weight excluding hydrogens is 1600 g/mol. The maximum atomic E-state index is 8.58. The monoisotopic (exact) mass is 1660 g/mol. The highest BCUT2D eigenvalue weighted by atomic mass is 79.9. The van der Waals surface area contributed by atoms with E-state index < -0.39 is 7.12 Å². The van der Waals surface area contributed by atoms with Gasteiger partial charge in [-0.2, -0.15) is 0 Å². The van der Waals surface area contributed by atoms with Crippen molar-refractivity contribution in [2.45, 2.75) is 0 Å². The normalized spacial score (nSPS) is 10.8. The van der Waals surface area contributed by atoms with Crippen LogP contribution in [0.5, 0.6) is 0 Å². The van der Waals surface area contributed by atoms with Crippen molar-refractivity contribution in [1.29, 1.82) is 0 Å². The summed E-state index contributed by atoms with van der Waals surface area (Å²) < 4.78 is 6.22. The predicted molar refractivity (Wildman–Crippen MR) is 441 cm³/mol. The third kappa shape index (κ3) is 17.8. The molecule has 478 valence electrons. The molecule has 0 heterocycles. The van der Waals surface area contributed by atoms with Crippen LogP contribution in [-0.4, -0.2) is 17.2 Å². The van der Waals surface area contributed by atoms with E-state index in [9.17, 15) is 0 Å². The first-order chi connectivity index (χ1) is 48.3. The highest BCUT2D eigenvalue weighted by molar-refractivity contribution is 9.11. The van der Waals surface area contributed by atoms with Gasteiger partial charge in [-0.15, -0.1) is 0 Å². The van der Waals surface area contributed by atoms with E-state index in [1.54, 1.807) is 24.3 Å². The molecule has 0 fully saturated rings. The van der Waals surface area contributed by atoms with Crippen molar-refractivity contribution >= 4 is 108 Å². The van der Waals surface area contributed by atoms with E-state index in [0.717, 1.165) is 76.9 Å². The smallest absolute Gasteiger partial charge is 0.423 e. The Bertz CT molecular complexity index is 4530. The van der Waals surface area contributed by atoms with Crippen molar-refractivity contribution in [2.24, 2.45) is 0 Å². The first-order valence-corrected chi connectivity index (χ1v) is 36.9. The van der Waals surface area contributed by atoms with Gasteiger partial charge in [0, 0.05) is 26.8 Å². The molecular formula is C90H61BBr6O2. The second kappa shape index (κ2) is 32.4. The van der Waals surface area contributed by atoms with E-state index in [2.05, 4.69) is 405 Å². The Morgan fingerprint density at radius 2 is 0.263 bits per heavy atom. The van der Waals surface area contributed by atoms with Gasteiger partial charge in [-0.05, 0) is 285 Å². The summed E-state index contributed by atoms with van der Waals surface area (Å²) in [6.45, 7) is 0. The number of hydrogen-bond acceptors (Lipinski definition) is 2. The zero-order chi connectivity index (χ0) is 68.2. The molecule has 15 aromatic carbocycles. The van der Waals surface area contributed by atoms with Crippen molar-refractivity contribution in [3.63, 3.8) is 0 Å². The van der Waals surface area contributed by atoms with Crippen molar-refractivity contribution in [3.8, 4) is 134 Å². The molecule has 0 unspecified atom stereocenters. The van der Waals surface area contributed by atoms with Crippen LogP contribution in [0.1, 0.15) is 0 Å². The average molecular weight is 1660 g/mol. The minimum Gasteiger partial charge on any atom is -0.423 e. The number of rotatable bonds is 13. The molecule has 9 heteroatoms. The Kier molecular flexibility index (Phi) is 22.5. The lowest BCUT2D eigenvalue weighted by molar-refractivity contribution is 0.426. The van der Waals surface area contributed by atoms with Crippen LogP contribution < -0.4 is 5.46 Å². The van der Waals surface area contributed by atoms with Crippen LogP contribution in [0.2, 0.25) is 0 Å². The number of halogens is 6. The molecule has 0 saturated carbocycles. The summed E-state index contributed by atoms with van der Waals surface area (Å²) >= 11 is 21.7. The van der Waals surface area contributed by atoms with Crippen molar-refractivity contribution in [3.05, 3.63) is 385 Å². The first kappa shape index (κ1) is 68.7. The van der Waals surface area contributed by atoms with Crippen LogP contribution in [0.4, 0.5) is 0 Å². The van der Waals surface area contributed by atoms with Gasteiger partial charge in [0.1, 0.15) is 0 Å². The Morgan fingerprint density at radius 3 is 0.394 bits per heavy atom. The summed E-state index contributed by atoms with van der Waals surface area (Å²) in [5, 5.41) is 17.2. The SMILES string of the molecule is Brc1cc(Br)cc(-c2cc(-c3cc(Br)cc(Br)c3)cc(-c3cc(Br)cc(Br)c3)c2)c1.OB(O)c1ccccc1.c1ccc(-c2cc(-c3ccccc3)cc(-c3cc(-c4cc(-c5ccccc5)cc(-c5ccccc5)c4)cc(-c4cc(-c5ccccc5)cc(-c5ccccc5)c4)c3)c2)cc1. The average Bonchev–Trinajstić information content (AvgIpc) is 0.763. The third-order valence-corrected chi connectivity index (χ3v) is 19.7. The number of benzene rings is 15. The first-order valence-electron chi connectivity index (χ1n) is 32.2. The van der Waals surface area contributed by atoms with E-state index in [1.165, 1.54) is 83.5 Å². The lowest BCUT2D eigenvalue weighted by Gasteiger charge is -2.17. The second-order valence-corrected chi connectivity index (χ2v) is 29.4. The molecule has 0 bridgehead atoms. The van der Waals surface area contributed by atoms with E-state index in [1.807, 2.05) is 24.3 Å². The molecule has 0 spiro atoms. The highest BCUT2D eigenvalue weighted by Crippen LogP contribution is 2.43. The van der Waals surface area contributed by atoms with E-state index in [0.29, 0.717) is 5.46 Å². The van der Waals surface area contributed by atoms with E-state index >= 15 is 0 Å². The molecule has 2 nitrogen and oxygen atoms in total. The lowest BCUT2D eigenvalue weighted by Crippen LogP contribution is -2.29. The Hall–Kier alpha value is -8.84. The predicted octanol–water partition coefficient (Wildman–Crippen LogP) is 27.3. The molecule has 15 rings (SSSR count). The molecule has 0 radical (unpaired) electrons. The molecule has 0 aliphatic heterocycles. The molecule has 0 aliphatic carbocycles. The minimum atomic E-state index is -1.34. The fourth-order valence-electron chi connectivity index (χ4n) is 12.2. The van der Waals surface area contributed by atoms with Gasteiger partial charge < -0.3 is 10.0 Å². The topological polar surface area (TPSA) is 40.5 Å². The second-order valence-electron chi connectivity index (χ2n) is 24.0. The summed E-state index contributed by atoms with van der Waals surface area (Å²) in [7, 11) is -1.34. The van der Waals surface area contributed by atoms with E-state index in [-0.39, 0.29) is 0 Å². The van der Waals surface area contributed by atoms with Crippen molar-refractivity contribution < 1.29 is 10.0 Å². The van der Waals surface area contributed by atoms with Gasteiger partial charge in [-0.1, -0.05) is 308 Å². The fourth-order valence-corrected chi connectivity index (χ4v) is 16.1. The molecule has 0 aliphatic rings. The van der Waals surface area contributed by atoms with E-state index in [4.69, 9.17) is 10.0 Å². The fraction of sp³-hybridized carbons (Fsp3) is 0. The van der Waals surface area contributed by atoms with Crippen LogP contribution in [0.3, 0.4) is 0 Å². The number of hydrogen-bond donors (Lipinski definition) is 2. The summed E-state index contributed by atoms with van der Waals surface area (Å²) in [6.07, 6.45) is 0. The lowest BCUT2D eigenvalue weighted by atomic mass is 9.81. The van der Waals surface area contributed by atoms with Gasteiger partial charge in [-0.3, -0.25) is 0 Å². The summed E-state index contributed by atoms with van der Waals surface area (Å²) in [4.78, 5) is 0. The van der Waals surface area contributed by atoms with Gasteiger partial charge in [0.25, 0.3) is 0 Å². The largest absolute Gasteiger partial charge is 0.488 e. The molecule has 0 amide bonds. The van der Waals surface area contributed by atoms with Crippen molar-refractivity contribution in [2.75, 3.05) is 0 Å².